The molecule has 0 aliphatic rings. The molecule has 0 amide bonds. The number of hydrogen-bond donors (Lipinski definition) is 0. The van der Waals surface area contributed by atoms with E-state index in [0.717, 1.165) is 6.20 Å². The van der Waals surface area contributed by atoms with Crippen LogP contribution < -0.4 is 0 Å². The number of carbonyl (C=O) groups is 1. The lowest BCUT2D eigenvalue weighted by molar-refractivity contribution is 0.112. The number of pyridine rings is 1. The molecule has 1 aromatic heterocycles. The third-order valence-corrected chi connectivity index (χ3v) is 1.85. The molecule has 72 valence electrons. The zero-order valence-corrected chi connectivity index (χ0v) is 7.29. The molecular formula is C9H6F2N2O. The van der Waals surface area contributed by atoms with Crippen molar-refractivity contribution in [3.63, 3.8) is 0 Å². The second-order valence-electron chi connectivity index (χ2n) is 2.63. The average Bonchev–Trinajstić information content (AvgIpc) is 2.17. The second-order valence-corrected chi connectivity index (χ2v) is 2.63. The highest BCUT2D eigenvalue weighted by atomic mass is 19.3. The van der Waals surface area contributed by atoms with E-state index in [0.29, 0.717) is 6.29 Å². The summed E-state index contributed by atoms with van der Waals surface area (Å²) in [7, 11) is 0. The molecule has 5 heteroatoms. The summed E-state index contributed by atoms with van der Waals surface area (Å²) in [6.45, 7) is 1.44. The van der Waals surface area contributed by atoms with E-state index in [4.69, 9.17) is 5.26 Å². The Morgan fingerprint density at radius 3 is 2.71 bits per heavy atom. The summed E-state index contributed by atoms with van der Waals surface area (Å²) in [5, 5.41) is 8.63. The zero-order valence-electron chi connectivity index (χ0n) is 7.29. The molecule has 0 fully saturated rings. The third-order valence-electron chi connectivity index (χ3n) is 1.85. The number of alkyl halides is 2. The number of carbonyl (C=O) groups excluding carboxylic acids is 1. The van der Waals surface area contributed by atoms with Gasteiger partial charge in [0.2, 0.25) is 0 Å². The zero-order chi connectivity index (χ0) is 10.7. The minimum Gasteiger partial charge on any atom is -0.298 e. The topological polar surface area (TPSA) is 53.8 Å². The van der Waals surface area contributed by atoms with Gasteiger partial charge in [-0.1, -0.05) is 0 Å². The van der Waals surface area contributed by atoms with Crippen molar-refractivity contribution in [2.75, 3.05) is 0 Å². The number of nitriles is 1. The van der Waals surface area contributed by atoms with Crippen molar-refractivity contribution in [2.24, 2.45) is 0 Å². The molecule has 0 spiro atoms. The number of aromatic nitrogens is 1. The van der Waals surface area contributed by atoms with E-state index in [1.54, 1.807) is 6.07 Å². The molecule has 1 aromatic rings. The van der Waals surface area contributed by atoms with Crippen molar-refractivity contribution in [3.8, 4) is 6.07 Å². The Labute approximate surface area is 79.0 Å². The lowest BCUT2D eigenvalue weighted by Crippen LogP contribution is -2.01. The van der Waals surface area contributed by atoms with Crippen molar-refractivity contribution < 1.29 is 13.6 Å². The van der Waals surface area contributed by atoms with Gasteiger partial charge in [0.05, 0.1) is 5.56 Å². The predicted octanol–water partition coefficient (Wildman–Crippen LogP) is 2.01. The molecule has 0 radical (unpaired) electrons. The van der Waals surface area contributed by atoms with Crippen LogP contribution in [-0.4, -0.2) is 11.3 Å². The van der Waals surface area contributed by atoms with Crippen LogP contribution in [0.3, 0.4) is 0 Å². The average molecular weight is 196 g/mol. The molecule has 0 aliphatic carbocycles. The van der Waals surface area contributed by atoms with E-state index in [9.17, 15) is 13.6 Å². The largest absolute Gasteiger partial charge is 0.298 e. The lowest BCUT2D eigenvalue weighted by atomic mass is 10.0. The molecule has 14 heavy (non-hydrogen) atoms. The highest BCUT2D eigenvalue weighted by molar-refractivity contribution is 5.78. The van der Waals surface area contributed by atoms with E-state index in [1.165, 1.54) is 6.92 Å². The number of halogens is 2. The van der Waals surface area contributed by atoms with Crippen molar-refractivity contribution in [3.05, 3.63) is 28.6 Å². The van der Waals surface area contributed by atoms with Gasteiger partial charge < -0.3 is 0 Å². The van der Waals surface area contributed by atoms with Gasteiger partial charge in [0.15, 0.2) is 6.29 Å². The maximum atomic E-state index is 12.3. The first kappa shape index (κ1) is 10.3. The molecule has 1 rings (SSSR count). The van der Waals surface area contributed by atoms with E-state index in [1.807, 2.05) is 0 Å². The van der Waals surface area contributed by atoms with Crippen molar-refractivity contribution in [1.82, 2.24) is 4.98 Å². The van der Waals surface area contributed by atoms with Crippen molar-refractivity contribution >= 4 is 6.29 Å². The molecule has 0 bridgehead atoms. The van der Waals surface area contributed by atoms with Crippen molar-refractivity contribution in [1.29, 1.82) is 5.26 Å². The molecule has 1 heterocycles. The Hall–Kier alpha value is -1.83. The summed E-state index contributed by atoms with van der Waals surface area (Å²) < 4.78 is 24.7. The number of rotatable bonds is 2. The summed E-state index contributed by atoms with van der Waals surface area (Å²) in [5.74, 6) is 0. The van der Waals surface area contributed by atoms with E-state index < -0.39 is 12.1 Å². The van der Waals surface area contributed by atoms with E-state index >= 15 is 0 Å². The number of nitrogens with zero attached hydrogens (tertiary/aromatic N) is 2. The Morgan fingerprint density at radius 2 is 2.29 bits per heavy atom. The summed E-state index contributed by atoms with van der Waals surface area (Å²) in [4.78, 5) is 13.8. The molecule has 0 unspecified atom stereocenters. The van der Waals surface area contributed by atoms with E-state index in [2.05, 4.69) is 4.98 Å². The predicted molar refractivity (Wildman–Crippen MR) is 44.0 cm³/mol. The fourth-order valence-corrected chi connectivity index (χ4v) is 1.06. The van der Waals surface area contributed by atoms with Gasteiger partial charge >= 0.3 is 0 Å². The summed E-state index contributed by atoms with van der Waals surface area (Å²) in [6.07, 6.45) is -1.27. The fourth-order valence-electron chi connectivity index (χ4n) is 1.06. The quantitative estimate of drug-likeness (QED) is 0.680. The van der Waals surface area contributed by atoms with Crippen LogP contribution in [0.2, 0.25) is 0 Å². The van der Waals surface area contributed by atoms with Crippen LogP contribution in [0, 0.1) is 18.3 Å². The van der Waals surface area contributed by atoms with Gasteiger partial charge in [-0.25, -0.2) is 8.78 Å². The van der Waals surface area contributed by atoms with Gasteiger partial charge in [-0.3, -0.25) is 9.78 Å². The van der Waals surface area contributed by atoms with Crippen LogP contribution in [0.25, 0.3) is 0 Å². The van der Waals surface area contributed by atoms with E-state index in [-0.39, 0.29) is 16.7 Å². The summed E-state index contributed by atoms with van der Waals surface area (Å²) in [6, 6.07) is 1.62. The summed E-state index contributed by atoms with van der Waals surface area (Å²) >= 11 is 0. The normalized spacial score (nSPS) is 9.93. The highest BCUT2D eigenvalue weighted by Crippen LogP contribution is 2.23. The van der Waals surface area contributed by atoms with Gasteiger partial charge in [-0.2, -0.15) is 5.26 Å². The molecule has 3 nitrogen and oxygen atoms in total. The van der Waals surface area contributed by atoms with Gasteiger partial charge in [0.1, 0.15) is 11.8 Å². The van der Waals surface area contributed by atoms with Gasteiger partial charge in [-0.05, 0) is 12.5 Å². The molecule has 0 atom stereocenters. The maximum Gasteiger partial charge on any atom is 0.281 e. The van der Waals surface area contributed by atoms with Gasteiger partial charge in [0.25, 0.3) is 6.43 Å². The monoisotopic (exact) mass is 196 g/mol. The third kappa shape index (κ3) is 1.59. The first-order chi connectivity index (χ1) is 6.61. The SMILES string of the molecule is Cc1c(C=O)cnc(C(F)F)c1C#N. The molecule has 0 saturated heterocycles. The molecule has 0 N–H and O–H groups in total. The lowest BCUT2D eigenvalue weighted by Gasteiger charge is -2.05. The summed E-state index contributed by atoms with van der Waals surface area (Å²) in [5.41, 5.74) is -0.390. The van der Waals surface area contributed by atoms with Crippen LogP contribution in [0.5, 0.6) is 0 Å². The smallest absolute Gasteiger partial charge is 0.281 e. The van der Waals surface area contributed by atoms with Gasteiger partial charge in [0, 0.05) is 11.8 Å². The van der Waals surface area contributed by atoms with Crippen molar-refractivity contribution in [2.45, 2.75) is 13.3 Å². The Kier molecular flexibility index (Phi) is 2.87. The second kappa shape index (κ2) is 3.92. The minimum absolute atomic E-state index is 0.158. The Morgan fingerprint density at radius 1 is 1.64 bits per heavy atom. The first-order valence-corrected chi connectivity index (χ1v) is 3.74. The standard InChI is InChI=1S/C9H6F2N2O/c1-5-6(4-14)3-13-8(9(10)11)7(5)2-12/h3-4,9H,1H3. The fraction of sp³-hybridized carbons (Fsp3) is 0.222. The molecule has 0 aliphatic heterocycles. The minimum atomic E-state index is -2.80. The van der Waals surface area contributed by atoms with Crippen LogP contribution in [0.1, 0.15) is 33.6 Å². The molecular weight excluding hydrogens is 190 g/mol. The van der Waals surface area contributed by atoms with Gasteiger partial charge in [-0.15, -0.1) is 0 Å². The Balaban J connectivity index is 3.45. The highest BCUT2D eigenvalue weighted by Gasteiger charge is 2.18. The Bertz CT molecular complexity index is 410. The van der Waals surface area contributed by atoms with Crippen LogP contribution >= 0.6 is 0 Å². The number of aldehydes is 1. The number of hydrogen-bond acceptors (Lipinski definition) is 3. The molecule has 0 saturated carbocycles. The van der Waals surface area contributed by atoms with Crippen LogP contribution in [-0.2, 0) is 0 Å². The maximum absolute atomic E-state index is 12.3. The first-order valence-electron chi connectivity index (χ1n) is 3.74. The van der Waals surface area contributed by atoms with Crippen LogP contribution in [0.15, 0.2) is 6.20 Å². The molecule has 0 aromatic carbocycles. The van der Waals surface area contributed by atoms with Crippen LogP contribution in [0.4, 0.5) is 8.78 Å².